The number of hydrogen-bond donors (Lipinski definition) is 4. The van der Waals surface area contributed by atoms with Gasteiger partial charge in [0.15, 0.2) is 6.23 Å². The third-order valence-electron chi connectivity index (χ3n) is 6.57. The molecule has 0 saturated carbocycles. The maximum absolute atomic E-state index is 12.5. The number of carbonyl (C=O) groups excluding carboxylic acids is 3. The molecule has 0 spiro atoms. The van der Waals surface area contributed by atoms with Crippen LogP contribution in [0, 0.1) is 12.8 Å². The SMILES string of the molecule is Cc1ccccc1C(=O)OC(OC(=O)N(C)CCOC(=O)Nc1ccn([C@@H]2O[C@H](CO)[C@@H](O)[C@@]2(C)O)c(=O)n1)C(C)C. The standard InChI is InChI=1S/C27H36N4O11/c1-15(2)22(41-21(34)17-9-7-6-8-16(17)3)42-26(37)30(5)12-13-39-25(36)29-19-10-11-31(24(35)28-19)23-27(4,38)20(33)18(14-32)40-23/h6-11,15,18,20,22-23,32-33,38H,12-14H2,1-5H3,(H,28,29,35,36)/t18-,20-,22?,23-,27-/m1/s1. The van der Waals surface area contributed by atoms with E-state index in [4.69, 9.17) is 18.9 Å². The Hall–Kier alpha value is -4.05. The average molecular weight is 593 g/mol. The van der Waals surface area contributed by atoms with Gasteiger partial charge in [-0.05, 0) is 31.5 Å². The van der Waals surface area contributed by atoms with E-state index in [2.05, 4.69) is 10.3 Å². The highest BCUT2D eigenvalue weighted by Crippen LogP contribution is 2.37. The number of amides is 2. The number of aliphatic hydroxyl groups excluding tert-OH is 2. The van der Waals surface area contributed by atoms with Crippen LogP contribution in [0.3, 0.4) is 0 Å². The van der Waals surface area contributed by atoms with Crippen molar-refractivity contribution in [3.8, 4) is 0 Å². The van der Waals surface area contributed by atoms with Crippen molar-refractivity contribution in [1.29, 1.82) is 0 Å². The van der Waals surface area contributed by atoms with Gasteiger partial charge in [-0.15, -0.1) is 0 Å². The molecule has 4 N–H and O–H groups in total. The summed E-state index contributed by atoms with van der Waals surface area (Å²) in [5.74, 6) is -1.13. The maximum atomic E-state index is 12.5. The Morgan fingerprint density at radius 3 is 2.50 bits per heavy atom. The van der Waals surface area contributed by atoms with Gasteiger partial charge in [0.2, 0.25) is 0 Å². The summed E-state index contributed by atoms with van der Waals surface area (Å²) in [6.45, 7) is 5.57. The van der Waals surface area contributed by atoms with Crippen molar-refractivity contribution in [2.24, 2.45) is 5.92 Å². The van der Waals surface area contributed by atoms with Gasteiger partial charge in [0, 0.05) is 19.2 Å². The first-order chi connectivity index (χ1) is 19.8. The van der Waals surface area contributed by atoms with Crippen LogP contribution in [0.5, 0.6) is 0 Å². The summed E-state index contributed by atoms with van der Waals surface area (Å²) < 4.78 is 22.1. The fourth-order valence-electron chi connectivity index (χ4n) is 4.01. The van der Waals surface area contributed by atoms with Gasteiger partial charge < -0.3 is 39.2 Å². The van der Waals surface area contributed by atoms with Crippen LogP contribution in [0.4, 0.5) is 15.4 Å². The van der Waals surface area contributed by atoms with Gasteiger partial charge in [-0.3, -0.25) is 9.88 Å². The number of likely N-dealkylation sites (N-methyl/N-ethyl adjacent to an activating group) is 1. The van der Waals surface area contributed by atoms with E-state index in [1.807, 2.05) is 0 Å². The molecule has 5 atom stereocenters. The van der Waals surface area contributed by atoms with Gasteiger partial charge in [-0.25, -0.2) is 19.2 Å². The number of anilines is 1. The molecule has 1 aliphatic heterocycles. The van der Waals surface area contributed by atoms with Crippen molar-refractivity contribution in [3.63, 3.8) is 0 Å². The van der Waals surface area contributed by atoms with Crippen LogP contribution in [0.1, 0.15) is 42.9 Å². The zero-order valence-electron chi connectivity index (χ0n) is 23.9. The number of carbonyl (C=O) groups is 3. The van der Waals surface area contributed by atoms with Gasteiger partial charge in [0.1, 0.15) is 30.2 Å². The fraction of sp³-hybridized carbons (Fsp3) is 0.519. The van der Waals surface area contributed by atoms with Crippen LogP contribution >= 0.6 is 0 Å². The molecular weight excluding hydrogens is 556 g/mol. The van der Waals surface area contributed by atoms with Crippen LogP contribution in [0.2, 0.25) is 0 Å². The monoisotopic (exact) mass is 592 g/mol. The molecule has 0 bridgehead atoms. The number of nitrogens with zero attached hydrogens (tertiary/aromatic N) is 3. The number of ether oxygens (including phenoxy) is 4. The normalized spacial score (nSPS) is 22.4. The Labute approximate surface area is 241 Å². The summed E-state index contributed by atoms with van der Waals surface area (Å²) in [7, 11) is 1.41. The molecular formula is C27H36N4O11. The summed E-state index contributed by atoms with van der Waals surface area (Å²) in [6.07, 6.45) is -5.62. The minimum atomic E-state index is -1.89. The second-order valence-electron chi connectivity index (χ2n) is 10.3. The largest absolute Gasteiger partial charge is 0.447 e. The summed E-state index contributed by atoms with van der Waals surface area (Å²) in [5, 5.41) is 32.3. The van der Waals surface area contributed by atoms with E-state index in [0.717, 1.165) is 9.47 Å². The molecule has 230 valence electrons. The topological polar surface area (TPSA) is 199 Å². The minimum Gasteiger partial charge on any atom is -0.447 e. The highest BCUT2D eigenvalue weighted by Gasteiger charge is 2.53. The smallest absolute Gasteiger partial charge is 0.412 e. The van der Waals surface area contributed by atoms with Crippen molar-refractivity contribution >= 4 is 24.0 Å². The minimum absolute atomic E-state index is 0.0692. The molecule has 0 radical (unpaired) electrons. The molecule has 3 rings (SSSR count). The van der Waals surface area contributed by atoms with E-state index >= 15 is 0 Å². The molecule has 1 fully saturated rings. The lowest BCUT2D eigenvalue weighted by atomic mass is 9.96. The quantitative estimate of drug-likeness (QED) is 0.226. The predicted molar refractivity (Wildman–Crippen MR) is 145 cm³/mol. The zero-order valence-corrected chi connectivity index (χ0v) is 23.9. The number of rotatable bonds is 10. The number of esters is 1. The molecule has 1 aliphatic rings. The molecule has 1 aromatic carbocycles. The molecule has 2 heterocycles. The number of benzene rings is 1. The molecule has 42 heavy (non-hydrogen) atoms. The third-order valence-corrected chi connectivity index (χ3v) is 6.57. The van der Waals surface area contributed by atoms with Crippen LogP contribution < -0.4 is 11.0 Å². The van der Waals surface area contributed by atoms with Gasteiger partial charge >= 0.3 is 23.8 Å². The van der Waals surface area contributed by atoms with Crippen molar-refractivity contribution in [3.05, 3.63) is 58.1 Å². The van der Waals surface area contributed by atoms with Gasteiger partial charge in [0.25, 0.3) is 6.29 Å². The second-order valence-corrected chi connectivity index (χ2v) is 10.3. The van der Waals surface area contributed by atoms with Gasteiger partial charge in [-0.2, -0.15) is 4.98 Å². The summed E-state index contributed by atoms with van der Waals surface area (Å²) in [5.41, 5.74) is -1.73. The maximum Gasteiger partial charge on any atom is 0.412 e. The molecule has 15 nitrogen and oxygen atoms in total. The molecule has 1 unspecified atom stereocenters. The van der Waals surface area contributed by atoms with E-state index in [0.29, 0.717) is 11.1 Å². The Morgan fingerprint density at radius 1 is 1.21 bits per heavy atom. The van der Waals surface area contributed by atoms with Crippen molar-refractivity contribution in [2.75, 3.05) is 32.1 Å². The first-order valence-electron chi connectivity index (χ1n) is 13.1. The van der Waals surface area contributed by atoms with E-state index < -0.39 is 60.8 Å². The van der Waals surface area contributed by atoms with Crippen LogP contribution in [0.15, 0.2) is 41.3 Å². The fourth-order valence-corrected chi connectivity index (χ4v) is 4.01. The lowest BCUT2D eigenvalue weighted by Crippen LogP contribution is -2.46. The highest BCUT2D eigenvalue weighted by atomic mass is 16.7. The first kappa shape index (κ1) is 32.5. The number of aromatic nitrogens is 2. The second kappa shape index (κ2) is 13.7. The summed E-state index contributed by atoms with van der Waals surface area (Å²) in [4.78, 5) is 54.6. The highest BCUT2D eigenvalue weighted by molar-refractivity contribution is 5.91. The van der Waals surface area contributed by atoms with E-state index in [1.54, 1.807) is 45.0 Å². The van der Waals surface area contributed by atoms with Crippen LogP contribution in [-0.2, 0) is 18.9 Å². The summed E-state index contributed by atoms with van der Waals surface area (Å²) in [6, 6.07) is 8.10. The molecule has 1 saturated heterocycles. The van der Waals surface area contributed by atoms with E-state index in [-0.39, 0.29) is 24.9 Å². The van der Waals surface area contributed by atoms with Crippen molar-refractivity contribution in [1.82, 2.24) is 14.5 Å². The van der Waals surface area contributed by atoms with Gasteiger partial charge in [0.05, 0.1) is 18.7 Å². The molecule has 0 aliphatic carbocycles. The Kier molecular flexibility index (Phi) is 10.6. The van der Waals surface area contributed by atoms with Crippen molar-refractivity contribution in [2.45, 2.75) is 58.0 Å². The van der Waals surface area contributed by atoms with Crippen molar-refractivity contribution < 1.29 is 48.7 Å². The number of nitrogens with one attached hydrogen (secondary N) is 1. The van der Waals surface area contributed by atoms with E-state index in [1.165, 1.54) is 26.2 Å². The van der Waals surface area contributed by atoms with Gasteiger partial charge in [-0.1, -0.05) is 32.0 Å². The Balaban J connectivity index is 1.49. The molecule has 1 aromatic heterocycles. The number of hydrogen-bond acceptors (Lipinski definition) is 12. The first-order valence-corrected chi connectivity index (χ1v) is 13.1. The Morgan fingerprint density at radius 2 is 1.90 bits per heavy atom. The third kappa shape index (κ3) is 7.61. The Bertz CT molecular complexity index is 1330. The summed E-state index contributed by atoms with van der Waals surface area (Å²) >= 11 is 0. The molecule has 15 heteroatoms. The zero-order chi connectivity index (χ0) is 31.2. The predicted octanol–water partition coefficient (Wildman–Crippen LogP) is 1.01. The molecule has 2 aromatic rings. The number of aliphatic hydroxyl groups is 3. The lowest BCUT2D eigenvalue weighted by molar-refractivity contribution is -0.102. The molecule has 2 amide bonds. The van der Waals surface area contributed by atoms with Crippen LogP contribution in [-0.4, -0.2) is 98.8 Å². The average Bonchev–Trinajstić information content (AvgIpc) is 3.16. The number of aryl methyl sites for hydroxylation is 1. The van der Waals surface area contributed by atoms with E-state index in [9.17, 15) is 34.5 Å². The lowest BCUT2D eigenvalue weighted by Gasteiger charge is -2.27. The van der Waals surface area contributed by atoms with Crippen LogP contribution in [0.25, 0.3) is 0 Å².